The average Bonchev–Trinajstić information content (AvgIpc) is 2.44. The van der Waals surface area contributed by atoms with Crippen LogP contribution in [0.5, 0.6) is 0 Å². The second-order valence-corrected chi connectivity index (χ2v) is 8.96. The Morgan fingerprint density at radius 2 is 1.25 bits per heavy atom. The van der Waals surface area contributed by atoms with Crippen LogP contribution >= 0.6 is 23.2 Å². The van der Waals surface area contributed by atoms with E-state index < -0.39 is 10.0 Å². The average molecular weight is 396 g/mol. The normalized spacial score (nSPS) is 12.5. The summed E-state index contributed by atoms with van der Waals surface area (Å²) < 4.78 is 27.6. The summed E-state index contributed by atoms with van der Waals surface area (Å²) in [4.78, 5) is 4.07. The van der Waals surface area contributed by atoms with Crippen LogP contribution in [0.2, 0.25) is 10.0 Å². The van der Waals surface area contributed by atoms with Crippen LogP contribution in [0.3, 0.4) is 0 Å². The quantitative estimate of drug-likeness (QED) is 0.610. The van der Waals surface area contributed by atoms with Crippen LogP contribution in [-0.2, 0) is 10.0 Å². The molecule has 0 heterocycles. The molecule has 0 N–H and O–H groups in total. The number of hydrogen-bond donors (Lipinski definition) is 0. The van der Waals surface area contributed by atoms with Gasteiger partial charge in [-0.25, -0.2) is 8.42 Å². The van der Waals surface area contributed by atoms with Gasteiger partial charge in [0.05, 0.1) is 10.0 Å². The lowest BCUT2D eigenvalue weighted by Crippen LogP contribution is -2.35. The number of rotatable bonds is 10. The van der Waals surface area contributed by atoms with E-state index in [0.717, 1.165) is 25.9 Å². The molecule has 5 nitrogen and oxygen atoms in total. The van der Waals surface area contributed by atoms with Gasteiger partial charge in [-0.05, 0) is 66.3 Å². The third kappa shape index (κ3) is 6.50. The van der Waals surface area contributed by atoms with Gasteiger partial charge in [-0.3, -0.25) is 0 Å². The molecule has 0 aliphatic heterocycles. The molecule has 0 aromatic heterocycles. The van der Waals surface area contributed by atoms with Crippen LogP contribution in [0, 0.1) is 0 Å². The lowest BCUT2D eigenvalue weighted by Gasteiger charge is -2.24. The molecule has 0 saturated carbocycles. The van der Waals surface area contributed by atoms with Gasteiger partial charge in [0, 0.05) is 13.1 Å². The van der Waals surface area contributed by atoms with Gasteiger partial charge in [-0.15, -0.1) is 0 Å². The molecule has 0 amide bonds. The molecule has 0 bridgehead atoms. The summed E-state index contributed by atoms with van der Waals surface area (Å²) in [6, 6.07) is 4.75. The highest BCUT2D eigenvalue weighted by Crippen LogP contribution is 2.31. The van der Waals surface area contributed by atoms with Crippen molar-refractivity contribution in [2.24, 2.45) is 0 Å². The zero-order valence-corrected chi connectivity index (χ0v) is 17.1. The Balaban J connectivity index is 3.01. The van der Waals surface area contributed by atoms with Crippen molar-refractivity contribution in [1.82, 2.24) is 14.1 Å². The van der Waals surface area contributed by atoms with Crippen LogP contribution in [0.15, 0.2) is 23.1 Å². The summed E-state index contributed by atoms with van der Waals surface area (Å²) in [6.07, 6.45) is 1.49. The summed E-state index contributed by atoms with van der Waals surface area (Å²) in [5.41, 5.74) is 0. The van der Waals surface area contributed by atoms with Crippen molar-refractivity contribution in [1.29, 1.82) is 0 Å². The number of halogens is 2. The van der Waals surface area contributed by atoms with E-state index in [1.165, 1.54) is 4.31 Å². The molecular formula is C16H27Cl2N3O2S. The standard InChI is InChI=1S/C16H27Cl2N3O2S/c1-19(2)10-6-12-21(13-7-11-20(3)4)24(22,23)16-14(17)8-5-9-15(16)18/h5,8-9H,6-7,10-13H2,1-4H3. The Kier molecular flexibility index (Phi) is 8.98. The van der Waals surface area contributed by atoms with E-state index in [2.05, 4.69) is 0 Å². The first-order valence-electron chi connectivity index (χ1n) is 7.90. The Morgan fingerprint density at radius 3 is 1.62 bits per heavy atom. The smallest absolute Gasteiger partial charge is 0.246 e. The van der Waals surface area contributed by atoms with Crippen molar-refractivity contribution in [3.05, 3.63) is 28.2 Å². The minimum atomic E-state index is -3.73. The molecule has 8 heteroatoms. The van der Waals surface area contributed by atoms with Gasteiger partial charge in [0.15, 0.2) is 0 Å². The van der Waals surface area contributed by atoms with Crippen LogP contribution in [0.25, 0.3) is 0 Å². The van der Waals surface area contributed by atoms with Crippen LogP contribution in [-0.4, -0.2) is 76.9 Å². The highest BCUT2D eigenvalue weighted by molar-refractivity contribution is 7.89. The molecule has 1 rings (SSSR count). The van der Waals surface area contributed by atoms with E-state index in [1.807, 2.05) is 38.0 Å². The highest BCUT2D eigenvalue weighted by Gasteiger charge is 2.28. The molecule has 0 aliphatic rings. The van der Waals surface area contributed by atoms with E-state index in [-0.39, 0.29) is 14.9 Å². The molecule has 0 atom stereocenters. The number of nitrogens with zero attached hydrogens (tertiary/aromatic N) is 3. The molecule has 1 aromatic rings. The monoisotopic (exact) mass is 395 g/mol. The van der Waals surface area contributed by atoms with Crippen molar-refractivity contribution < 1.29 is 8.42 Å². The predicted octanol–water partition coefficient (Wildman–Crippen LogP) is 2.89. The van der Waals surface area contributed by atoms with Crippen molar-refractivity contribution >= 4 is 33.2 Å². The molecule has 24 heavy (non-hydrogen) atoms. The Labute approximate surface area is 156 Å². The van der Waals surface area contributed by atoms with E-state index in [0.29, 0.717) is 13.1 Å². The summed E-state index contributed by atoms with van der Waals surface area (Å²) in [6.45, 7) is 2.51. The third-order valence-corrected chi connectivity index (χ3v) is 6.40. The van der Waals surface area contributed by atoms with E-state index in [1.54, 1.807) is 18.2 Å². The fourth-order valence-electron chi connectivity index (χ4n) is 2.34. The van der Waals surface area contributed by atoms with Gasteiger partial charge < -0.3 is 9.80 Å². The minimum absolute atomic E-state index is 0.00281. The second-order valence-electron chi connectivity index (χ2n) is 6.27. The third-order valence-electron chi connectivity index (χ3n) is 3.54. The maximum atomic E-state index is 13.1. The van der Waals surface area contributed by atoms with Crippen LogP contribution in [0.4, 0.5) is 0 Å². The van der Waals surface area contributed by atoms with Crippen molar-refractivity contribution in [2.45, 2.75) is 17.7 Å². The van der Waals surface area contributed by atoms with E-state index in [9.17, 15) is 8.42 Å². The molecule has 1 aromatic carbocycles. The fraction of sp³-hybridized carbons (Fsp3) is 0.625. The summed E-state index contributed by atoms with van der Waals surface area (Å²) in [7, 11) is 4.15. The van der Waals surface area contributed by atoms with Gasteiger partial charge in [0.2, 0.25) is 10.0 Å². The predicted molar refractivity (Wildman–Crippen MR) is 102 cm³/mol. The van der Waals surface area contributed by atoms with Gasteiger partial charge in [0.1, 0.15) is 4.90 Å². The number of benzene rings is 1. The lowest BCUT2D eigenvalue weighted by molar-refractivity contribution is 0.326. The lowest BCUT2D eigenvalue weighted by atomic mass is 10.3. The Hall–Kier alpha value is -0.370. The molecule has 0 unspecified atom stereocenters. The molecule has 0 aliphatic carbocycles. The molecule has 138 valence electrons. The molecule has 0 saturated heterocycles. The summed E-state index contributed by atoms with van der Waals surface area (Å²) in [5.74, 6) is 0. The topological polar surface area (TPSA) is 43.9 Å². The number of sulfonamides is 1. The van der Waals surface area contributed by atoms with Crippen LogP contribution in [0.1, 0.15) is 12.8 Å². The maximum Gasteiger partial charge on any atom is 0.246 e. The molecule has 0 spiro atoms. The molecular weight excluding hydrogens is 369 g/mol. The second kappa shape index (κ2) is 9.94. The minimum Gasteiger partial charge on any atom is -0.309 e. The Morgan fingerprint density at radius 1 is 0.833 bits per heavy atom. The van der Waals surface area contributed by atoms with Gasteiger partial charge in [-0.2, -0.15) is 4.31 Å². The van der Waals surface area contributed by atoms with Gasteiger partial charge in [0.25, 0.3) is 0 Å². The van der Waals surface area contributed by atoms with E-state index in [4.69, 9.17) is 23.2 Å². The first-order chi connectivity index (χ1) is 11.2. The number of hydrogen-bond acceptors (Lipinski definition) is 4. The Bertz CT molecular complexity index is 587. The fourth-order valence-corrected chi connectivity index (χ4v) is 4.95. The molecule has 0 radical (unpaired) electrons. The first kappa shape index (κ1) is 21.7. The zero-order chi connectivity index (χ0) is 18.3. The largest absolute Gasteiger partial charge is 0.309 e. The van der Waals surface area contributed by atoms with Crippen molar-refractivity contribution in [2.75, 3.05) is 54.4 Å². The zero-order valence-electron chi connectivity index (χ0n) is 14.8. The van der Waals surface area contributed by atoms with Gasteiger partial charge >= 0.3 is 0 Å². The summed E-state index contributed by atoms with van der Waals surface area (Å²) in [5, 5.41) is 0.320. The highest BCUT2D eigenvalue weighted by atomic mass is 35.5. The maximum absolute atomic E-state index is 13.1. The SMILES string of the molecule is CN(C)CCCN(CCCN(C)C)S(=O)(=O)c1c(Cl)cccc1Cl. The van der Waals surface area contributed by atoms with E-state index >= 15 is 0 Å². The van der Waals surface area contributed by atoms with Crippen LogP contribution < -0.4 is 0 Å². The van der Waals surface area contributed by atoms with Crippen molar-refractivity contribution in [3.8, 4) is 0 Å². The summed E-state index contributed by atoms with van der Waals surface area (Å²) >= 11 is 12.2. The molecule has 0 fully saturated rings. The van der Waals surface area contributed by atoms with Crippen molar-refractivity contribution in [3.63, 3.8) is 0 Å². The van der Waals surface area contributed by atoms with Gasteiger partial charge in [-0.1, -0.05) is 29.3 Å². The first-order valence-corrected chi connectivity index (χ1v) is 10.1.